The van der Waals surface area contributed by atoms with E-state index in [1.807, 2.05) is 0 Å². The summed E-state index contributed by atoms with van der Waals surface area (Å²) < 4.78 is 4.79. The summed E-state index contributed by atoms with van der Waals surface area (Å²) in [6, 6.07) is 0.724. The number of thiocarbonyl (C=S) groups is 1. The highest BCUT2D eigenvalue weighted by atomic mass is 32.1. The van der Waals surface area contributed by atoms with Crippen LogP contribution >= 0.6 is 12.2 Å². The Kier molecular flexibility index (Phi) is 5.87. The van der Waals surface area contributed by atoms with E-state index in [9.17, 15) is 4.79 Å². The number of nitrogens with one attached hydrogen (secondary N) is 1. The third-order valence-corrected chi connectivity index (χ3v) is 3.38. The molecule has 0 saturated carbocycles. The van der Waals surface area contributed by atoms with Crippen LogP contribution in [-0.2, 0) is 9.53 Å². The molecule has 0 bridgehead atoms. The molecule has 16 heavy (non-hydrogen) atoms. The van der Waals surface area contributed by atoms with Crippen molar-refractivity contribution in [2.75, 3.05) is 19.8 Å². The topological polar surface area (TPSA) is 41.6 Å². The molecule has 5 heteroatoms. The third-order valence-electron chi connectivity index (χ3n) is 2.89. The van der Waals surface area contributed by atoms with E-state index in [2.05, 4.69) is 24.1 Å². The van der Waals surface area contributed by atoms with Crippen LogP contribution in [-0.4, -0.2) is 48.1 Å². The smallest absolute Gasteiger partial charge is 0.294 e. The molecule has 0 aliphatic carbocycles. The molecule has 0 spiro atoms. The standard InChI is InChI=1S/C11H20N2O2S/c1-9(2)13(7-15-8-14)6-4-10-11(16)3-5-12-10/h8-10,12H,3-7H2,1-2H3. The van der Waals surface area contributed by atoms with Crippen LogP contribution in [0.2, 0.25) is 0 Å². The molecule has 1 fully saturated rings. The van der Waals surface area contributed by atoms with E-state index in [-0.39, 0.29) is 0 Å². The monoisotopic (exact) mass is 244 g/mol. The number of nitrogens with zero attached hydrogens (tertiary/aromatic N) is 1. The van der Waals surface area contributed by atoms with Crippen LogP contribution in [0.4, 0.5) is 0 Å². The summed E-state index contributed by atoms with van der Waals surface area (Å²) in [7, 11) is 0. The van der Waals surface area contributed by atoms with Gasteiger partial charge in [0.1, 0.15) is 6.73 Å². The Labute approximate surface area is 102 Å². The minimum Gasteiger partial charge on any atom is -0.452 e. The second kappa shape index (κ2) is 6.93. The van der Waals surface area contributed by atoms with E-state index in [1.165, 1.54) is 0 Å². The van der Waals surface area contributed by atoms with Gasteiger partial charge in [-0.2, -0.15) is 0 Å². The van der Waals surface area contributed by atoms with Crippen molar-refractivity contribution in [1.29, 1.82) is 0 Å². The molecule has 1 unspecified atom stereocenters. The summed E-state index contributed by atoms with van der Waals surface area (Å²) in [6.45, 7) is 6.93. The largest absolute Gasteiger partial charge is 0.452 e. The molecular formula is C11H20N2O2S. The van der Waals surface area contributed by atoms with Crippen LogP contribution in [0.5, 0.6) is 0 Å². The van der Waals surface area contributed by atoms with Crippen molar-refractivity contribution in [2.45, 2.75) is 38.8 Å². The zero-order chi connectivity index (χ0) is 12.0. The highest BCUT2D eigenvalue weighted by molar-refractivity contribution is 7.80. The molecule has 0 aromatic rings. The Hall–Kier alpha value is -0.520. The Morgan fingerprint density at radius 2 is 2.44 bits per heavy atom. The van der Waals surface area contributed by atoms with Crippen molar-refractivity contribution in [2.24, 2.45) is 0 Å². The fourth-order valence-corrected chi connectivity index (χ4v) is 2.12. The summed E-state index contributed by atoms with van der Waals surface area (Å²) in [4.78, 5) is 13.4. The first-order valence-corrected chi connectivity index (χ1v) is 6.11. The number of ether oxygens (including phenoxy) is 1. The Bertz CT molecular complexity index is 246. The second-order valence-electron chi connectivity index (χ2n) is 4.31. The van der Waals surface area contributed by atoms with E-state index in [0.717, 1.165) is 30.8 Å². The van der Waals surface area contributed by atoms with Gasteiger partial charge >= 0.3 is 0 Å². The molecule has 1 rings (SSSR count). The molecule has 4 nitrogen and oxygen atoms in total. The molecule has 92 valence electrons. The zero-order valence-corrected chi connectivity index (χ0v) is 10.8. The zero-order valence-electron chi connectivity index (χ0n) is 9.94. The van der Waals surface area contributed by atoms with Gasteiger partial charge in [0.25, 0.3) is 6.47 Å². The van der Waals surface area contributed by atoms with Crippen LogP contribution in [0.3, 0.4) is 0 Å². The average Bonchev–Trinajstić information content (AvgIpc) is 2.64. The van der Waals surface area contributed by atoms with E-state index >= 15 is 0 Å². The van der Waals surface area contributed by atoms with Gasteiger partial charge in [-0.15, -0.1) is 0 Å². The maximum absolute atomic E-state index is 10.2. The Morgan fingerprint density at radius 3 is 2.94 bits per heavy atom. The van der Waals surface area contributed by atoms with Crippen LogP contribution in [0.25, 0.3) is 0 Å². The van der Waals surface area contributed by atoms with Gasteiger partial charge in [-0.05, 0) is 26.7 Å². The minimum absolute atomic E-state index is 0.354. The van der Waals surface area contributed by atoms with Crippen molar-refractivity contribution in [3.05, 3.63) is 0 Å². The highest BCUT2D eigenvalue weighted by Gasteiger charge is 2.21. The van der Waals surface area contributed by atoms with Crippen molar-refractivity contribution in [3.63, 3.8) is 0 Å². The summed E-state index contributed by atoms with van der Waals surface area (Å²) in [6.07, 6.45) is 1.99. The van der Waals surface area contributed by atoms with Crippen LogP contribution in [0.15, 0.2) is 0 Å². The number of hydrogen-bond donors (Lipinski definition) is 1. The Balaban J connectivity index is 2.31. The maximum Gasteiger partial charge on any atom is 0.294 e. The predicted octanol–water partition coefficient (Wildman–Crippen LogP) is 0.949. The molecule has 0 aromatic heterocycles. The number of rotatable bonds is 7. The molecule has 1 N–H and O–H groups in total. The van der Waals surface area contributed by atoms with E-state index in [0.29, 0.717) is 25.3 Å². The summed E-state index contributed by atoms with van der Waals surface area (Å²) >= 11 is 5.28. The van der Waals surface area contributed by atoms with Crippen LogP contribution in [0, 0.1) is 0 Å². The molecule has 0 radical (unpaired) electrons. The first-order chi connectivity index (χ1) is 7.65. The lowest BCUT2D eigenvalue weighted by atomic mass is 10.1. The van der Waals surface area contributed by atoms with Crippen molar-refractivity contribution in [1.82, 2.24) is 10.2 Å². The lowest BCUT2D eigenvalue weighted by molar-refractivity contribution is -0.133. The number of hydrogen-bond acceptors (Lipinski definition) is 5. The van der Waals surface area contributed by atoms with E-state index in [4.69, 9.17) is 17.0 Å². The first kappa shape index (κ1) is 13.5. The van der Waals surface area contributed by atoms with Crippen molar-refractivity contribution < 1.29 is 9.53 Å². The van der Waals surface area contributed by atoms with Gasteiger partial charge in [-0.25, -0.2) is 0 Å². The van der Waals surface area contributed by atoms with Crippen molar-refractivity contribution in [3.8, 4) is 0 Å². The number of carbonyl (C=O) groups is 1. The Morgan fingerprint density at radius 1 is 1.69 bits per heavy atom. The van der Waals surface area contributed by atoms with Gasteiger partial charge in [-0.3, -0.25) is 9.69 Å². The summed E-state index contributed by atoms with van der Waals surface area (Å²) in [5, 5.41) is 3.38. The second-order valence-corrected chi connectivity index (χ2v) is 4.83. The average molecular weight is 244 g/mol. The maximum atomic E-state index is 10.2. The van der Waals surface area contributed by atoms with Crippen molar-refractivity contribution >= 4 is 23.6 Å². The summed E-state index contributed by atoms with van der Waals surface area (Å²) in [5.41, 5.74) is 0. The fraction of sp³-hybridized carbons (Fsp3) is 0.818. The minimum atomic E-state index is 0.354. The number of carbonyl (C=O) groups excluding carboxylic acids is 1. The highest BCUT2D eigenvalue weighted by Crippen LogP contribution is 2.09. The SMILES string of the molecule is CC(C)N(CCC1NCCC1=S)COC=O. The molecule has 1 saturated heterocycles. The van der Waals surface area contributed by atoms with Gasteiger partial charge in [-0.1, -0.05) is 12.2 Å². The molecular weight excluding hydrogens is 224 g/mol. The van der Waals surface area contributed by atoms with Gasteiger partial charge < -0.3 is 10.1 Å². The molecule has 1 atom stereocenters. The van der Waals surface area contributed by atoms with Crippen LogP contribution < -0.4 is 5.32 Å². The van der Waals surface area contributed by atoms with Gasteiger partial charge in [0.05, 0.1) is 0 Å². The predicted molar refractivity (Wildman–Crippen MR) is 67.5 cm³/mol. The van der Waals surface area contributed by atoms with Crippen LogP contribution in [0.1, 0.15) is 26.7 Å². The molecule has 1 heterocycles. The van der Waals surface area contributed by atoms with E-state index in [1.54, 1.807) is 0 Å². The van der Waals surface area contributed by atoms with Gasteiger partial charge in [0, 0.05) is 30.0 Å². The van der Waals surface area contributed by atoms with E-state index < -0.39 is 0 Å². The molecule has 1 aliphatic rings. The lowest BCUT2D eigenvalue weighted by Gasteiger charge is -2.26. The fourth-order valence-electron chi connectivity index (χ4n) is 1.81. The summed E-state index contributed by atoms with van der Waals surface area (Å²) in [5.74, 6) is 0. The van der Waals surface area contributed by atoms with Gasteiger partial charge in [0.15, 0.2) is 0 Å². The normalized spacial score (nSPS) is 20.8. The molecule has 0 aromatic carbocycles. The molecule has 0 amide bonds. The first-order valence-electron chi connectivity index (χ1n) is 5.70. The quantitative estimate of drug-likeness (QED) is 0.410. The lowest BCUT2D eigenvalue weighted by Crippen LogP contribution is -2.38. The van der Waals surface area contributed by atoms with Gasteiger partial charge in [0.2, 0.25) is 0 Å². The third kappa shape index (κ3) is 4.15. The molecule has 1 aliphatic heterocycles.